The predicted octanol–water partition coefficient (Wildman–Crippen LogP) is 2.75. The van der Waals surface area contributed by atoms with Crippen LogP contribution in [0.4, 0.5) is 21.9 Å². The highest BCUT2D eigenvalue weighted by Crippen LogP contribution is 2.22. The van der Waals surface area contributed by atoms with Crippen LogP contribution in [0.5, 0.6) is 0 Å². The van der Waals surface area contributed by atoms with E-state index in [9.17, 15) is 24.0 Å². The van der Waals surface area contributed by atoms with E-state index in [1.165, 1.54) is 33.5 Å². The van der Waals surface area contributed by atoms with Crippen molar-refractivity contribution in [3.8, 4) is 6.07 Å². The van der Waals surface area contributed by atoms with Gasteiger partial charge in [-0.05, 0) is 39.0 Å². The van der Waals surface area contributed by atoms with Crippen molar-refractivity contribution in [3.63, 3.8) is 0 Å². The highest BCUT2D eigenvalue weighted by Gasteiger charge is 2.26. The highest BCUT2D eigenvalue weighted by molar-refractivity contribution is 6.09. The van der Waals surface area contributed by atoms with E-state index < -0.39 is 23.5 Å². The normalized spacial score (nSPS) is 10.9. The summed E-state index contributed by atoms with van der Waals surface area (Å²) in [5.74, 6) is -1.39. The van der Waals surface area contributed by atoms with Crippen LogP contribution in [-0.4, -0.2) is 56.1 Å². The summed E-state index contributed by atoms with van der Waals surface area (Å²) >= 11 is 0. The molecule has 0 saturated carbocycles. The fourth-order valence-corrected chi connectivity index (χ4v) is 3.85. The third kappa shape index (κ3) is 7.41. The van der Waals surface area contributed by atoms with E-state index >= 15 is 0 Å². The van der Waals surface area contributed by atoms with Gasteiger partial charge in [0.1, 0.15) is 22.7 Å². The number of anilines is 3. The molecule has 5 amide bonds. The molecule has 0 bridgehead atoms. The van der Waals surface area contributed by atoms with E-state index in [0.29, 0.717) is 23.5 Å². The maximum absolute atomic E-state index is 13.0. The molecule has 14 nitrogen and oxygen atoms in total. The Hall–Kier alpha value is -5.32. The molecule has 0 unspecified atom stereocenters. The maximum atomic E-state index is 13.0. The minimum absolute atomic E-state index is 0.148. The molecule has 0 radical (unpaired) electrons. The Morgan fingerprint density at radius 1 is 0.878 bits per heavy atom. The number of hydrogen-bond acceptors (Lipinski definition) is 7. The number of carbonyl (C=O) groups excluding carboxylic acids is 5. The molecule has 41 heavy (non-hydrogen) atoms. The van der Waals surface area contributed by atoms with Crippen molar-refractivity contribution in [2.24, 2.45) is 21.1 Å². The smallest absolute Gasteiger partial charge is 0.421 e. The van der Waals surface area contributed by atoms with Crippen LogP contribution in [0.15, 0.2) is 36.8 Å². The number of carbonyl (C=O) groups is 5. The Bertz CT molecular complexity index is 1530. The van der Waals surface area contributed by atoms with Crippen LogP contribution in [0.25, 0.3) is 0 Å². The minimum atomic E-state index is -0.881. The van der Waals surface area contributed by atoms with E-state index in [2.05, 4.69) is 16.0 Å². The zero-order valence-electron chi connectivity index (χ0n) is 23.6. The lowest BCUT2D eigenvalue weighted by Gasteiger charge is -2.23. The Morgan fingerprint density at radius 2 is 1.37 bits per heavy atom. The summed E-state index contributed by atoms with van der Waals surface area (Å²) < 4.78 is 9.77. The Balaban J connectivity index is 1.71. The molecule has 3 N–H and O–H groups in total. The van der Waals surface area contributed by atoms with Crippen LogP contribution in [0.2, 0.25) is 0 Å². The van der Waals surface area contributed by atoms with Crippen molar-refractivity contribution < 1.29 is 28.7 Å². The fourth-order valence-electron chi connectivity index (χ4n) is 3.85. The molecule has 0 spiro atoms. The summed E-state index contributed by atoms with van der Waals surface area (Å²) in [5.41, 5.74) is 0.728. The Morgan fingerprint density at radius 3 is 1.85 bits per heavy atom. The van der Waals surface area contributed by atoms with Crippen molar-refractivity contribution >= 4 is 47.3 Å². The molecular formula is C27H32N8O6. The number of amides is 5. The topological polar surface area (TPSA) is 172 Å². The van der Waals surface area contributed by atoms with Gasteiger partial charge in [-0.1, -0.05) is 0 Å². The quantitative estimate of drug-likeness (QED) is 0.265. The summed E-state index contributed by atoms with van der Waals surface area (Å²) in [5, 5.41) is 16.7. The molecule has 0 aliphatic carbocycles. The average molecular weight is 565 g/mol. The average Bonchev–Trinajstić information content (AvgIpc) is 3.54. The first-order chi connectivity index (χ1) is 19.2. The first-order valence-electron chi connectivity index (χ1n) is 12.5. The summed E-state index contributed by atoms with van der Waals surface area (Å²) in [4.78, 5) is 63.0. The number of nitrogens with one attached hydrogen (secondary N) is 3. The number of nitriles is 1. The predicted molar refractivity (Wildman–Crippen MR) is 149 cm³/mol. The Labute approximate surface area is 236 Å². The molecule has 3 aromatic heterocycles. The highest BCUT2D eigenvalue weighted by atomic mass is 16.6. The van der Waals surface area contributed by atoms with Gasteiger partial charge in [-0.3, -0.25) is 19.2 Å². The van der Waals surface area contributed by atoms with Crippen LogP contribution in [-0.2, 0) is 30.7 Å². The van der Waals surface area contributed by atoms with E-state index in [4.69, 9.17) is 10.00 Å². The second-order valence-electron chi connectivity index (χ2n) is 10.2. The van der Waals surface area contributed by atoms with Gasteiger partial charge in [-0.15, -0.1) is 0 Å². The number of nitrogens with zero attached hydrogens (tertiary/aromatic N) is 5. The first-order valence-corrected chi connectivity index (χ1v) is 12.5. The van der Waals surface area contributed by atoms with Crippen molar-refractivity contribution in [1.82, 2.24) is 19.0 Å². The Kier molecular flexibility index (Phi) is 9.03. The lowest BCUT2D eigenvalue weighted by Crippen LogP contribution is -2.35. The maximum Gasteiger partial charge on any atom is 0.421 e. The lowest BCUT2D eigenvalue weighted by atomic mass is 10.2. The third-order valence-electron chi connectivity index (χ3n) is 5.71. The van der Waals surface area contributed by atoms with Crippen molar-refractivity contribution in [3.05, 3.63) is 53.9 Å². The number of hydrogen-bond donors (Lipinski definition) is 3. The minimum Gasteiger partial charge on any atom is -0.443 e. The molecule has 0 aromatic carbocycles. The van der Waals surface area contributed by atoms with Gasteiger partial charge in [0.05, 0.1) is 29.6 Å². The molecule has 216 valence electrons. The third-order valence-corrected chi connectivity index (χ3v) is 5.71. The molecular weight excluding hydrogens is 532 g/mol. The number of ether oxygens (including phenoxy) is 1. The van der Waals surface area contributed by atoms with Gasteiger partial charge < -0.3 is 34.4 Å². The van der Waals surface area contributed by atoms with Crippen LogP contribution in [0, 0.1) is 11.3 Å². The van der Waals surface area contributed by atoms with E-state index in [-0.39, 0.29) is 35.9 Å². The molecule has 0 aliphatic rings. The van der Waals surface area contributed by atoms with E-state index in [1.54, 1.807) is 58.9 Å². The summed E-state index contributed by atoms with van der Waals surface area (Å²) in [6.07, 6.45) is 4.18. The second kappa shape index (κ2) is 12.2. The summed E-state index contributed by atoms with van der Waals surface area (Å²) in [6, 6.07) is 6.31. The zero-order valence-corrected chi connectivity index (χ0v) is 23.6. The molecule has 0 saturated heterocycles. The number of imide groups is 1. The van der Waals surface area contributed by atoms with Crippen LogP contribution < -0.4 is 20.9 Å². The number of aryl methyl sites for hydroxylation is 3. The van der Waals surface area contributed by atoms with Crippen molar-refractivity contribution in [2.75, 3.05) is 22.1 Å². The van der Waals surface area contributed by atoms with Gasteiger partial charge in [0.15, 0.2) is 0 Å². The van der Waals surface area contributed by atoms with Gasteiger partial charge in [0.2, 0.25) is 6.41 Å². The molecule has 0 fully saturated rings. The standard InChI is InChI=1S/C27H32N8O6/c1-27(2,3)41-26(40)35(16-36)19-12-22(34(6)15-19)25(39)31-18-11-21(33(5)14-18)24(38)30-17-10-20(32(4)13-17)23(37)29-9-7-8-28/h10-16H,7,9H2,1-6H3,(H,29,37)(H,30,38)(H,31,39). The monoisotopic (exact) mass is 564 g/mol. The fraction of sp³-hybridized carbons (Fsp3) is 0.333. The number of aromatic nitrogens is 3. The first kappa shape index (κ1) is 30.2. The van der Waals surface area contributed by atoms with Crippen molar-refractivity contribution in [1.29, 1.82) is 5.26 Å². The second-order valence-corrected chi connectivity index (χ2v) is 10.2. The van der Waals surface area contributed by atoms with E-state index in [0.717, 1.165) is 4.90 Å². The molecule has 3 heterocycles. The number of rotatable bonds is 9. The SMILES string of the molecule is Cn1cc(NC(=O)c2cc(NC(=O)c3cc(N(C=O)C(=O)OC(C)(C)C)cn3C)cn2C)cc1C(=O)NCCC#N. The molecule has 3 aromatic rings. The van der Waals surface area contributed by atoms with Gasteiger partial charge in [0, 0.05) is 46.3 Å². The van der Waals surface area contributed by atoms with Gasteiger partial charge in [-0.2, -0.15) is 5.26 Å². The lowest BCUT2D eigenvalue weighted by molar-refractivity contribution is -0.107. The van der Waals surface area contributed by atoms with E-state index in [1.807, 2.05) is 6.07 Å². The van der Waals surface area contributed by atoms with Gasteiger partial charge >= 0.3 is 6.09 Å². The van der Waals surface area contributed by atoms with Gasteiger partial charge in [0.25, 0.3) is 17.7 Å². The van der Waals surface area contributed by atoms with Gasteiger partial charge in [-0.25, -0.2) is 9.69 Å². The van der Waals surface area contributed by atoms with Crippen LogP contribution in [0.3, 0.4) is 0 Å². The van der Waals surface area contributed by atoms with Crippen molar-refractivity contribution in [2.45, 2.75) is 32.8 Å². The zero-order chi connectivity index (χ0) is 30.5. The molecule has 14 heteroatoms. The summed E-state index contributed by atoms with van der Waals surface area (Å²) in [7, 11) is 4.87. The molecule has 0 atom stereocenters. The largest absolute Gasteiger partial charge is 0.443 e. The van der Waals surface area contributed by atoms with Crippen LogP contribution in [0.1, 0.15) is 58.7 Å². The molecule has 3 rings (SSSR count). The van der Waals surface area contributed by atoms with Crippen LogP contribution >= 0.6 is 0 Å². The molecule has 0 aliphatic heterocycles. The summed E-state index contributed by atoms with van der Waals surface area (Å²) in [6.45, 7) is 5.22.